The summed E-state index contributed by atoms with van der Waals surface area (Å²) < 4.78 is 5.99. The highest BCUT2D eigenvalue weighted by Crippen LogP contribution is 2.53. The Morgan fingerprint density at radius 1 is 0.923 bits per heavy atom. The number of rotatable bonds is 10. The lowest BCUT2D eigenvalue weighted by atomic mass is 9.73. The molecule has 0 atom stereocenters. The molecule has 0 aliphatic heterocycles. The first-order valence-corrected chi connectivity index (χ1v) is 14.7. The Balaban J connectivity index is 1.61. The molecule has 2 aromatic carbocycles. The molecule has 2 N–H and O–H groups in total. The maximum atomic E-state index is 13.0. The number of oxime groups is 1. The Bertz CT molecular complexity index is 1240. The van der Waals surface area contributed by atoms with E-state index >= 15 is 0 Å². The zero-order valence-corrected chi connectivity index (χ0v) is 24.3. The number of anilines is 1. The molecule has 6 nitrogen and oxygen atoms in total. The largest absolute Gasteiger partial charge is 0.459 e. The second-order valence-electron chi connectivity index (χ2n) is 11.6. The van der Waals surface area contributed by atoms with Gasteiger partial charge in [0, 0.05) is 23.9 Å². The van der Waals surface area contributed by atoms with Crippen LogP contribution in [-0.2, 0) is 24.6 Å². The fourth-order valence-corrected chi connectivity index (χ4v) is 6.56. The average Bonchev–Trinajstić information content (AvgIpc) is 3.21. The van der Waals surface area contributed by atoms with Crippen molar-refractivity contribution in [2.24, 2.45) is 11.1 Å². The number of esters is 1. The second-order valence-corrected chi connectivity index (χ2v) is 11.6. The van der Waals surface area contributed by atoms with Gasteiger partial charge in [0.2, 0.25) is 0 Å². The van der Waals surface area contributed by atoms with Crippen molar-refractivity contribution >= 4 is 23.3 Å². The van der Waals surface area contributed by atoms with Gasteiger partial charge in [-0.15, -0.1) is 0 Å². The van der Waals surface area contributed by atoms with Crippen molar-refractivity contribution in [2.75, 3.05) is 5.73 Å². The number of carbonyl (C=O) groups excluding carboxylic acids is 2. The Morgan fingerprint density at radius 3 is 2.21 bits per heavy atom. The zero-order chi connectivity index (χ0) is 28.2. The Hall–Kier alpha value is -3.15. The van der Waals surface area contributed by atoms with Gasteiger partial charge in [-0.2, -0.15) is 0 Å². The van der Waals surface area contributed by atoms with E-state index in [4.69, 9.17) is 15.3 Å². The van der Waals surface area contributed by atoms with Gasteiger partial charge in [0.05, 0.1) is 12.1 Å². The van der Waals surface area contributed by atoms with Crippen LogP contribution in [-0.4, -0.2) is 23.3 Å². The highest BCUT2D eigenvalue weighted by molar-refractivity contribution is 6.03. The highest BCUT2D eigenvalue weighted by Gasteiger charge is 2.41. The lowest BCUT2D eigenvalue weighted by Gasteiger charge is -2.36. The number of nitrogen functional groups attached to an aromatic ring is 1. The number of nitrogens with zero attached hydrogens (tertiary/aromatic N) is 1. The maximum absolute atomic E-state index is 13.0. The first-order chi connectivity index (χ1) is 18.6. The van der Waals surface area contributed by atoms with Gasteiger partial charge in [0.15, 0.2) is 0 Å². The molecule has 0 heterocycles. The smallest absolute Gasteiger partial charge is 0.334 e. The predicted molar refractivity (Wildman–Crippen MR) is 157 cm³/mol. The third-order valence-electron chi connectivity index (χ3n) is 9.00. The summed E-state index contributed by atoms with van der Waals surface area (Å²) in [6, 6.07) is 12.5. The summed E-state index contributed by atoms with van der Waals surface area (Å²) in [7, 11) is 0. The quantitative estimate of drug-likeness (QED) is 0.111. The minimum Gasteiger partial charge on any atom is -0.459 e. The topological polar surface area (TPSA) is 91.0 Å². The third kappa shape index (κ3) is 5.90. The molecule has 0 saturated heterocycles. The van der Waals surface area contributed by atoms with Crippen LogP contribution in [0.25, 0.3) is 11.1 Å². The predicted octanol–water partition coefficient (Wildman–Crippen LogP) is 7.69. The SMILES string of the molecule is CCC(=O)O/N=C(/CCC(=O)OC(C)(C)C1CCCCC1)c1ccc2c(c1)C(CC)(CC)c1cc(N)ccc1-2. The minimum absolute atomic E-state index is 0.162. The van der Waals surface area contributed by atoms with Crippen molar-refractivity contribution in [3.8, 4) is 11.1 Å². The van der Waals surface area contributed by atoms with E-state index in [0.29, 0.717) is 18.1 Å². The summed E-state index contributed by atoms with van der Waals surface area (Å²) in [6.45, 7) is 10.2. The third-order valence-corrected chi connectivity index (χ3v) is 9.00. The van der Waals surface area contributed by atoms with Crippen molar-refractivity contribution < 1.29 is 19.2 Å². The Morgan fingerprint density at radius 2 is 1.56 bits per heavy atom. The van der Waals surface area contributed by atoms with Gasteiger partial charge >= 0.3 is 11.9 Å². The maximum Gasteiger partial charge on any atom is 0.334 e. The first-order valence-electron chi connectivity index (χ1n) is 14.7. The first kappa shape index (κ1) is 28.8. The molecule has 0 bridgehead atoms. The molecule has 6 heteroatoms. The van der Waals surface area contributed by atoms with E-state index in [2.05, 4.69) is 43.3 Å². The van der Waals surface area contributed by atoms with Crippen molar-refractivity contribution in [1.29, 1.82) is 0 Å². The van der Waals surface area contributed by atoms with Gasteiger partial charge in [-0.25, -0.2) is 4.79 Å². The fourth-order valence-electron chi connectivity index (χ4n) is 6.56. The normalized spacial score (nSPS) is 16.9. The molecule has 0 amide bonds. The summed E-state index contributed by atoms with van der Waals surface area (Å²) in [5.41, 5.74) is 12.6. The van der Waals surface area contributed by atoms with Gasteiger partial charge in [-0.3, -0.25) is 4.79 Å². The molecular weight excluding hydrogens is 488 g/mol. The van der Waals surface area contributed by atoms with E-state index in [1.165, 1.54) is 41.5 Å². The number of hydrogen-bond acceptors (Lipinski definition) is 6. The van der Waals surface area contributed by atoms with Crippen molar-refractivity contribution in [3.05, 3.63) is 53.1 Å². The molecule has 39 heavy (non-hydrogen) atoms. The van der Waals surface area contributed by atoms with E-state index in [-0.39, 0.29) is 24.2 Å². The standard InChI is InChI=1S/C33H44N2O4/c1-6-30(36)39-35-29(18-19-31(37)38-32(4,5)23-12-10-9-11-13-23)22-14-16-25-26-17-15-24(34)21-28(26)33(7-2,8-3)27(25)20-22/h14-17,20-21,23H,6-13,18-19,34H2,1-5H3/b35-29-. The van der Waals surface area contributed by atoms with Crippen LogP contribution in [0.1, 0.15) is 116 Å². The monoisotopic (exact) mass is 532 g/mol. The molecule has 210 valence electrons. The molecule has 0 spiro atoms. The molecule has 2 aliphatic carbocycles. The van der Waals surface area contributed by atoms with Crippen LogP contribution in [0.4, 0.5) is 5.69 Å². The van der Waals surface area contributed by atoms with Gasteiger partial charge in [-0.1, -0.05) is 63.4 Å². The summed E-state index contributed by atoms with van der Waals surface area (Å²) in [5, 5.41) is 4.25. The van der Waals surface area contributed by atoms with Crippen LogP contribution in [0.15, 0.2) is 41.6 Å². The summed E-state index contributed by atoms with van der Waals surface area (Å²) in [5.74, 6) is -0.271. The van der Waals surface area contributed by atoms with Crippen LogP contribution in [0.5, 0.6) is 0 Å². The van der Waals surface area contributed by atoms with E-state index < -0.39 is 11.6 Å². The van der Waals surface area contributed by atoms with Gasteiger partial charge < -0.3 is 15.3 Å². The van der Waals surface area contributed by atoms with Gasteiger partial charge in [0.25, 0.3) is 0 Å². The molecule has 2 aromatic rings. The number of benzene rings is 2. The van der Waals surface area contributed by atoms with E-state index in [0.717, 1.165) is 36.9 Å². The molecule has 0 unspecified atom stereocenters. The van der Waals surface area contributed by atoms with Gasteiger partial charge in [0.1, 0.15) is 5.60 Å². The van der Waals surface area contributed by atoms with Crippen molar-refractivity contribution in [3.63, 3.8) is 0 Å². The van der Waals surface area contributed by atoms with Crippen molar-refractivity contribution in [2.45, 2.75) is 110 Å². The lowest BCUT2D eigenvalue weighted by Crippen LogP contribution is -2.38. The molecular formula is C33H44N2O4. The van der Waals surface area contributed by atoms with Crippen LogP contribution in [0.3, 0.4) is 0 Å². The summed E-state index contributed by atoms with van der Waals surface area (Å²) in [6.07, 6.45) is 8.40. The van der Waals surface area contributed by atoms with Crippen LogP contribution in [0.2, 0.25) is 0 Å². The Labute approximate surface area is 233 Å². The minimum atomic E-state index is -0.494. The molecule has 1 fully saturated rings. The van der Waals surface area contributed by atoms with Crippen LogP contribution in [0, 0.1) is 5.92 Å². The lowest BCUT2D eigenvalue weighted by molar-refractivity contribution is -0.162. The Kier molecular flexibility index (Phi) is 8.83. The molecule has 0 aromatic heterocycles. The second kappa shape index (κ2) is 11.9. The van der Waals surface area contributed by atoms with Crippen LogP contribution >= 0.6 is 0 Å². The fraction of sp³-hybridized carbons (Fsp3) is 0.545. The number of nitrogens with two attached hydrogens (primary N) is 1. The summed E-state index contributed by atoms with van der Waals surface area (Å²) >= 11 is 0. The van der Waals surface area contributed by atoms with E-state index in [1.54, 1.807) is 6.92 Å². The number of hydrogen-bond donors (Lipinski definition) is 1. The highest BCUT2D eigenvalue weighted by atomic mass is 16.7. The van der Waals surface area contributed by atoms with E-state index in [9.17, 15) is 9.59 Å². The molecule has 1 saturated carbocycles. The average molecular weight is 533 g/mol. The molecule has 2 aliphatic rings. The number of carbonyl (C=O) groups is 2. The van der Waals surface area contributed by atoms with E-state index in [1.807, 2.05) is 26.0 Å². The number of ether oxygens (including phenoxy) is 1. The van der Waals surface area contributed by atoms with Gasteiger partial charge in [-0.05, 0) is 91.5 Å². The summed E-state index contributed by atoms with van der Waals surface area (Å²) in [4.78, 5) is 30.2. The molecule has 4 rings (SSSR count). The number of fused-ring (bicyclic) bond motifs is 3. The van der Waals surface area contributed by atoms with Crippen LogP contribution < -0.4 is 5.73 Å². The molecule has 0 radical (unpaired) electrons. The van der Waals surface area contributed by atoms with Crippen molar-refractivity contribution in [1.82, 2.24) is 0 Å². The zero-order valence-electron chi connectivity index (χ0n) is 24.3.